The van der Waals surface area contributed by atoms with Gasteiger partial charge in [-0.25, -0.2) is 0 Å². The molecular formula is C12H14N4O3S. The summed E-state index contributed by atoms with van der Waals surface area (Å²) in [7, 11) is 1.57. The molecule has 2 aromatic rings. The van der Waals surface area contributed by atoms with E-state index in [2.05, 4.69) is 10.1 Å². The van der Waals surface area contributed by atoms with Crippen LogP contribution in [0.25, 0.3) is 0 Å². The van der Waals surface area contributed by atoms with Gasteiger partial charge in [0, 0.05) is 24.1 Å². The van der Waals surface area contributed by atoms with Crippen LogP contribution in [-0.2, 0) is 7.05 Å². The van der Waals surface area contributed by atoms with Crippen LogP contribution in [0.3, 0.4) is 0 Å². The molecule has 0 radical (unpaired) electrons. The minimum atomic E-state index is -0.848. The molecule has 0 fully saturated rings. The number of aromatic amines is 1. The van der Waals surface area contributed by atoms with Gasteiger partial charge in [-0.05, 0) is 6.07 Å². The minimum absolute atomic E-state index is 0.264. The van der Waals surface area contributed by atoms with Crippen LogP contribution in [0.2, 0.25) is 0 Å². The molecule has 2 rings (SSSR count). The monoisotopic (exact) mass is 294 g/mol. The molecule has 0 amide bonds. The van der Waals surface area contributed by atoms with Gasteiger partial charge in [0.15, 0.2) is 5.16 Å². The van der Waals surface area contributed by atoms with Gasteiger partial charge in [-0.1, -0.05) is 30.0 Å². The second-order valence-corrected chi connectivity index (χ2v) is 5.14. The molecular weight excluding hydrogens is 280 g/mol. The SMILES string of the molecule is Cn1[nH]c(=O)c(=O)nc1SCC(O)c1ccccc1N. The first-order valence-corrected chi connectivity index (χ1v) is 6.80. The molecule has 20 heavy (non-hydrogen) atoms. The number of aromatic nitrogens is 3. The highest BCUT2D eigenvalue weighted by molar-refractivity contribution is 7.99. The van der Waals surface area contributed by atoms with Crippen LogP contribution < -0.4 is 16.9 Å². The van der Waals surface area contributed by atoms with Crippen LogP contribution in [0, 0.1) is 0 Å². The number of nitrogen functional groups attached to an aromatic ring is 1. The van der Waals surface area contributed by atoms with Crippen molar-refractivity contribution < 1.29 is 5.11 Å². The van der Waals surface area contributed by atoms with E-state index in [0.29, 0.717) is 16.4 Å². The normalized spacial score (nSPS) is 12.3. The Labute approximate surface area is 118 Å². The lowest BCUT2D eigenvalue weighted by Crippen LogP contribution is -2.33. The van der Waals surface area contributed by atoms with Gasteiger partial charge >= 0.3 is 11.1 Å². The Hall–Kier alpha value is -2.06. The van der Waals surface area contributed by atoms with Gasteiger partial charge in [0.2, 0.25) is 0 Å². The highest BCUT2D eigenvalue weighted by Crippen LogP contribution is 2.25. The standard InChI is InChI=1S/C12H14N4O3S/c1-16-12(14-10(18)11(19)15-16)20-6-9(17)7-4-2-3-5-8(7)13/h2-5,9,17H,6,13H2,1H3,(H,15,19). The molecule has 1 aromatic carbocycles. The number of anilines is 1. The van der Waals surface area contributed by atoms with Crippen molar-refractivity contribution >= 4 is 17.4 Å². The Morgan fingerprint density at radius 2 is 2.15 bits per heavy atom. The van der Waals surface area contributed by atoms with Crippen molar-refractivity contribution in [2.45, 2.75) is 11.3 Å². The number of para-hydroxylation sites is 1. The predicted octanol–water partition coefficient (Wildman–Crippen LogP) is -0.124. The van der Waals surface area contributed by atoms with Crippen LogP contribution in [0.5, 0.6) is 0 Å². The highest BCUT2D eigenvalue weighted by Gasteiger charge is 2.13. The predicted molar refractivity (Wildman–Crippen MR) is 76.6 cm³/mol. The zero-order chi connectivity index (χ0) is 14.7. The second kappa shape index (κ2) is 5.93. The van der Waals surface area contributed by atoms with E-state index in [0.717, 1.165) is 11.8 Å². The van der Waals surface area contributed by atoms with Crippen molar-refractivity contribution in [3.63, 3.8) is 0 Å². The second-order valence-electron chi connectivity index (χ2n) is 4.16. The molecule has 0 saturated carbocycles. The minimum Gasteiger partial charge on any atom is -0.398 e. The fourth-order valence-electron chi connectivity index (χ4n) is 1.65. The number of nitrogens with one attached hydrogen (secondary N) is 1. The average molecular weight is 294 g/mol. The average Bonchev–Trinajstić information content (AvgIpc) is 2.41. The van der Waals surface area contributed by atoms with Crippen molar-refractivity contribution in [1.82, 2.24) is 14.8 Å². The molecule has 1 unspecified atom stereocenters. The van der Waals surface area contributed by atoms with Crippen LogP contribution in [-0.4, -0.2) is 25.6 Å². The number of aliphatic hydroxyl groups is 1. The van der Waals surface area contributed by atoms with Gasteiger partial charge in [0.05, 0.1) is 6.10 Å². The zero-order valence-electron chi connectivity index (χ0n) is 10.7. The molecule has 0 aliphatic carbocycles. The number of hydrogen-bond acceptors (Lipinski definition) is 6. The Morgan fingerprint density at radius 1 is 1.45 bits per heavy atom. The molecule has 4 N–H and O–H groups in total. The molecule has 0 aliphatic rings. The molecule has 0 aliphatic heterocycles. The largest absolute Gasteiger partial charge is 0.398 e. The van der Waals surface area contributed by atoms with Crippen molar-refractivity contribution in [2.24, 2.45) is 7.05 Å². The molecule has 106 valence electrons. The van der Waals surface area contributed by atoms with Crippen molar-refractivity contribution in [3.8, 4) is 0 Å². The summed E-state index contributed by atoms with van der Waals surface area (Å²) in [6, 6.07) is 7.01. The molecule has 1 heterocycles. The summed E-state index contributed by atoms with van der Waals surface area (Å²) in [5, 5.41) is 12.8. The van der Waals surface area contributed by atoms with E-state index in [-0.39, 0.29) is 5.75 Å². The van der Waals surface area contributed by atoms with E-state index >= 15 is 0 Å². The molecule has 0 saturated heterocycles. The third kappa shape index (κ3) is 3.09. The fourth-order valence-corrected chi connectivity index (χ4v) is 2.52. The van der Waals surface area contributed by atoms with Crippen molar-refractivity contribution in [1.29, 1.82) is 0 Å². The Kier molecular flexibility index (Phi) is 4.26. The van der Waals surface area contributed by atoms with Gasteiger partial charge in [-0.3, -0.25) is 19.4 Å². The summed E-state index contributed by atoms with van der Waals surface area (Å²) in [4.78, 5) is 25.9. The summed E-state index contributed by atoms with van der Waals surface area (Å²) in [5.41, 5.74) is 5.28. The summed E-state index contributed by atoms with van der Waals surface area (Å²) < 4.78 is 1.34. The number of aliphatic hydroxyl groups excluding tert-OH is 1. The Morgan fingerprint density at radius 3 is 2.85 bits per heavy atom. The molecule has 8 heteroatoms. The van der Waals surface area contributed by atoms with Crippen LogP contribution in [0.4, 0.5) is 5.69 Å². The van der Waals surface area contributed by atoms with Gasteiger partial charge in [0.25, 0.3) is 0 Å². The molecule has 1 aromatic heterocycles. The first kappa shape index (κ1) is 14.4. The molecule has 0 spiro atoms. The fraction of sp³-hybridized carbons (Fsp3) is 0.250. The lowest BCUT2D eigenvalue weighted by atomic mass is 10.1. The molecule has 1 atom stereocenters. The number of nitrogens with zero attached hydrogens (tertiary/aromatic N) is 2. The lowest BCUT2D eigenvalue weighted by Gasteiger charge is -2.13. The van der Waals surface area contributed by atoms with Crippen LogP contribution in [0.15, 0.2) is 39.0 Å². The van der Waals surface area contributed by atoms with E-state index in [9.17, 15) is 14.7 Å². The maximum absolute atomic E-state index is 11.2. The summed E-state index contributed by atoms with van der Waals surface area (Å²) in [6.07, 6.45) is -0.787. The number of H-pyrrole nitrogens is 1. The number of benzene rings is 1. The van der Waals surface area contributed by atoms with Gasteiger partial charge < -0.3 is 10.8 Å². The van der Waals surface area contributed by atoms with E-state index in [1.165, 1.54) is 4.68 Å². The van der Waals surface area contributed by atoms with Crippen LogP contribution >= 0.6 is 11.8 Å². The van der Waals surface area contributed by atoms with E-state index in [4.69, 9.17) is 5.73 Å². The number of aryl methyl sites for hydroxylation is 1. The summed E-state index contributed by atoms with van der Waals surface area (Å²) in [6.45, 7) is 0. The topological polar surface area (TPSA) is 114 Å². The highest BCUT2D eigenvalue weighted by atomic mass is 32.2. The summed E-state index contributed by atoms with van der Waals surface area (Å²) >= 11 is 1.16. The lowest BCUT2D eigenvalue weighted by molar-refractivity contribution is 0.204. The number of hydrogen-bond donors (Lipinski definition) is 3. The first-order chi connectivity index (χ1) is 9.49. The van der Waals surface area contributed by atoms with Crippen molar-refractivity contribution in [3.05, 3.63) is 50.5 Å². The smallest absolute Gasteiger partial charge is 0.339 e. The number of rotatable bonds is 4. The third-order valence-corrected chi connectivity index (χ3v) is 3.78. The Bertz CT molecular complexity index is 725. The van der Waals surface area contributed by atoms with Crippen LogP contribution in [0.1, 0.15) is 11.7 Å². The van der Waals surface area contributed by atoms with E-state index in [1.54, 1.807) is 31.3 Å². The van der Waals surface area contributed by atoms with E-state index in [1.807, 2.05) is 0 Å². The van der Waals surface area contributed by atoms with Gasteiger partial charge in [-0.2, -0.15) is 4.98 Å². The van der Waals surface area contributed by atoms with Gasteiger partial charge in [-0.15, -0.1) is 0 Å². The maximum Gasteiger partial charge on any atom is 0.339 e. The molecule has 0 bridgehead atoms. The number of nitrogens with two attached hydrogens (primary N) is 1. The zero-order valence-corrected chi connectivity index (χ0v) is 11.6. The quantitative estimate of drug-likeness (QED) is 0.411. The van der Waals surface area contributed by atoms with Crippen molar-refractivity contribution in [2.75, 3.05) is 11.5 Å². The third-order valence-electron chi connectivity index (χ3n) is 2.67. The Balaban J connectivity index is 2.13. The summed E-state index contributed by atoms with van der Waals surface area (Å²) in [5.74, 6) is 0.264. The number of thioether (sulfide) groups is 1. The first-order valence-electron chi connectivity index (χ1n) is 5.81. The van der Waals surface area contributed by atoms with E-state index < -0.39 is 17.2 Å². The maximum atomic E-state index is 11.2. The molecule has 7 nitrogen and oxygen atoms in total. The van der Waals surface area contributed by atoms with Gasteiger partial charge in [0.1, 0.15) is 0 Å².